The number of aryl methyl sites for hydroxylation is 2. The van der Waals surface area contributed by atoms with Crippen molar-refractivity contribution in [1.82, 2.24) is 14.7 Å². The molecular weight excluding hydrogens is 244 g/mol. The van der Waals surface area contributed by atoms with E-state index in [0.717, 1.165) is 11.4 Å². The van der Waals surface area contributed by atoms with Crippen LogP contribution in [-0.4, -0.2) is 45.5 Å². The second-order valence-electron chi connectivity index (χ2n) is 6.03. The summed E-state index contributed by atoms with van der Waals surface area (Å²) in [5.74, 6) is 0. The summed E-state index contributed by atoms with van der Waals surface area (Å²) in [6, 6.07) is 0.274. The zero-order valence-corrected chi connectivity index (χ0v) is 12.2. The predicted octanol–water partition coefficient (Wildman–Crippen LogP) is 1.76. The Balaban J connectivity index is 1.80. The Kier molecular flexibility index (Phi) is 3.43. The highest BCUT2D eigenvalue weighted by Crippen LogP contribution is 2.20. The number of carbonyl (C=O) groups excluding carboxylic acids is 1. The molecule has 1 aliphatic heterocycles. The largest absolute Gasteiger partial charge is 0.444 e. The lowest BCUT2D eigenvalue weighted by Crippen LogP contribution is -2.57. The number of rotatable bonds is 2. The van der Waals surface area contributed by atoms with Crippen molar-refractivity contribution in [2.45, 2.75) is 39.3 Å². The first kappa shape index (κ1) is 13.7. The first-order valence-corrected chi connectivity index (χ1v) is 6.49. The third-order valence-electron chi connectivity index (χ3n) is 2.91. The van der Waals surface area contributed by atoms with Gasteiger partial charge in [0.2, 0.25) is 0 Å². The van der Waals surface area contributed by atoms with Gasteiger partial charge < -0.3 is 15.0 Å². The molecule has 0 spiro atoms. The molecule has 106 valence electrons. The lowest BCUT2D eigenvalue weighted by molar-refractivity contribution is 0.0105. The highest BCUT2D eigenvalue weighted by atomic mass is 16.6. The fourth-order valence-electron chi connectivity index (χ4n) is 2.01. The van der Waals surface area contributed by atoms with Gasteiger partial charge in [0.1, 0.15) is 5.60 Å². The zero-order chi connectivity index (χ0) is 14.2. The topological polar surface area (TPSA) is 59.4 Å². The van der Waals surface area contributed by atoms with Crippen LogP contribution in [0.4, 0.5) is 10.5 Å². The van der Waals surface area contributed by atoms with Crippen molar-refractivity contribution >= 4 is 11.8 Å². The monoisotopic (exact) mass is 266 g/mol. The predicted molar refractivity (Wildman–Crippen MR) is 73.2 cm³/mol. The van der Waals surface area contributed by atoms with Gasteiger partial charge in [-0.3, -0.25) is 4.68 Å². The van der Waals surface area contributed by atoms with Crippen LogP contribution in [-0.2, 0) is 11.8 Å². The highest BCUT2D eigenvalue weighted by molar-refractivity contribution is 5.69. The van der Waals surface area contributed by atoms with Crippen LogP contribution in [0.2, 0.25) is 0 Å². The van der Waals surface area contributed by atoms with Gasteiger partial charge in [-0.2, -0.15) is 5.10 Å². The number of amides is 1. The van der Waals surface area contributed by atoms with Gasteiger partial charge >= 0.3 is 6.09 Å². The Hall–Kier alpha value is -1.72. The first-order valence-electron chi connectivity index (χ1n) is 6.49. The normalized spacial score (nSPS) is 16.2. The molecule has 1 N–H and O–H groups in total. The number of anilines is 1. The van der Waals surface area contributed by atoms with Crippen LogP contribution in [0.1, 0.15) is 26.5 Å². The quantitative estimate of drug-likeness (QED) is 0.886. The molecule has 1 amide bonds. The molecule has 0 radical (unpaired) electrons. The molecule has 6 heteroatoms. The SMILES string of the molecule is Cc1nn(C)cc1NC1CN(C(=O)OC(C)(C)C)C1. The molecule has 1 aromatic heterocycles. The fourth-order valence-corrected chi connectivity index (χ4v) is 2.01. The molecule has 1 aliphatic rings. The van der Waals surface area contributed by atoms with Crippen LogP contribution in [0.25, 0.3) is 0 Å². The Labute approximate surface area is 113 Å². The molecule has 1 fully saturated rings. The molecule has 6 nitrogen and oxygen atoms in total. The smallest absolute Gasteiger partial charge is 0.410 e. The van der Waals surface area contributed by atoms with Crippen molar-refractivity contribution in [2.24, 2.45) is 7.05 Å². The Morgan fingerprint density at radius 3 is 2.58 bits per heavy atom. The number of aromatic nitrogens is 2. The minimum atomic E-state index is -0.435. The number of carbonyl (C=O) groups is 1. The van der Waals surface area contributed by atoms with Crippen molar-refractivity contribution in [3.05, 3.63) is 11.9 Å². The summed E-state index contributed by atoms with van der Waals surface area (Å²) in [6.07, 6.45) is 1.71. The van der Waals surface area contributed by atoms with E-state index in [1.54, 1.807) is 9.58 Å². The minimum Gasteiger partial charge on any atom is -0.444 e. The van der Waals surface area contributed by atoms with E-state index < -0.39 is 5.60 Å². The molecule has 1 aromatic rings. The zero-order valence-electron chi connectivity index (χ0n) is 12.2. The van der Waals surface area contributed by atoms with E-state index in [4.69, 9.17) is 4.74 Å². The summed E-state index contributed by atoms with van der Waals surface area (Å²) < 4.78 is 7.09. The average molecular weight is 266 g/mol. The van der Waals surface area contributed by atoms with Crippen molar-refractivity contribution in [3.63, 3.8) is 0 Å². The Bertz CT molecular complexity index is 469. The van der Waals surface area contributed by atoms with Crippen LogP contribution in [0.15, 0.2) is 6.20 Å². The standard InChI is InChI=1S/C13H22N4O2/c1-9-11(8-16(5)15-9)14-10-6-17(7-10)12(18)19-13(2,3)4/h8,10,14H,6-7H2,1-5H3. The molecular formula is C13H22N4O2. The number of nitrogens with zero attached hydrogens (tertiary/aromatic N) is 3. The van der Waals surface area contributed by atoms with Crippen LogP contribution in [0, 0.1) is 6.92 Å². The van der Waals surface area contributed by atoms with E-state index >= 15 is 0 Å². The molecule has 0 saturated carbocycles. The van der Waals surface area contributed by atoms with Gasteiger partial charge in [-0.1, -0.05) is 0 Å². The summed E-state index contributed by atoms with van der Waals surface area (Å²) in [6.45, 7) is 8.93. The maximum absolute atomic E-state index is 11.8. The van der Waals surface area contributed by atoms with E-state index in [1.807, 2.05) is 40.9 Å². The number of ether oxygens (including phenoxy) is 1. The molecule has 0 aliphatic carbocycles. The van der Waals surface area contributed by atoms with E-state index in [2.05, 4.69) is 10.4 Å². The van der Waals surface area contributed by atoms with Crippen molar-refractivity contribution in [3.8, 4) is 0 Å². The van der Waals surface area contributed by atoms with E-state index in [1.165, 1.54) is 0 Å². The number of hydrogen-bond acceptors (Lipinski definition) is 4. The summed E-state index contributed by atoms with van der Waals surface area (Å²) in [4.78, 5) is 13.5. The van der Waals surface area contributed by atoms with Gasteiger partial charge in [0.25, 0.3) is 0 Å². The third kappa shape index (κ3) is 3.39. The van der Waals surface area contributed by atoms with Crippen molar-refractivity contribution in [2.75, 3.05) is 18.4 Å². The molecule has 0 bridgehead atoms. The summed E-state index contributed by atoms with van der Waals surface area (Å²) in [5, 5.41) is 7.66. The second-order valence-corrected chi connectivity index (χ2v) is 6.03. The Morgan fingerprint density at radius 2 is 2.11 bits per heavy atom. The molecule has 2 rings (SSSR count). The van der Waals surface area contributed by atoms with E-state index in [0.29, 0.717) is 13.1 Å². The number of nitrogens with one attached hydrogen (secondary N) is 1. The molecule has 0 atom stereocenters. The Morgan fingerprint density at radius 1 is 1.47 bits per heavy atom. The molecule has 2 heterocycles. The maximum Gasteiger partial charge on any atom is 0.410 e. The van der Waals surface area contributed by atoms with Crippen LogP contribution in [0.3, 0.4) is 0 Å². The van der Waals surface area contributed by atoms with Crippen LogP contribution >= 0.6 is 0 Å². The summed E-state index contributed by atoms with van der Waals surface area (Å²) in [7, 11) is 1.89. The van der Waals surface area contributed by atoms with Gasteiger partial charge in [0.05, 0.1) is 17.4 Å². The summed E-state index contributed by atoms with van der Waals surface area (Å²) in [5.41, 5.74) is 1.56. The molecule has 1 saturated heterocycles. The lowest BCUT2D eigenvalue weighted by Gasteiger charge is -2.40. The van der Waals surface area contributed by atoms with Crippen LogP contribution < -0.4 is 5.32 Å². The number of likely N-dealkylation sites (tertiary alicyclic amines) is 1. The maximum atomic E-state index is 11.8. The van der Waals surface area contributed by atoms with Gasteiger partial charge in [-0.15, -0.1) is 0 Å². The van der Waals surface area contributed by atoms with Crippen molar-refractivity contribution in [1.29, 1.82) is 0 Å². The van der Waals surface area contributed by atoms with Gasteiger partial charge in [0.15, 0.2) is 0 Å². The van der Waals surface area contributed by atoms with Crippen molar-refractivity contribution < 1.29 is 9.53 Å². The third-order valence-corrected chi connectivity index (χ3v) is 2.91. The molecule has 0 aromatic carbocycles. The van der Waals surface area contributed by atoms with Gasteiger partial charge in [-0.05, 0) is 27.7 Å². The summed E-state index contributed by atoms with van der Waals surface area (Å²) >= 11 is 0. The van der Waals surface area contributed by atoms with E-state index in [9.17, 15) is 4.79 Å². The average Bonchev–Trinajstić information content (AvgIpc) is 2.47. The fraction of sp³-hybridized carbons (Fsp3) is 0.692. The van der Waals surface area contributed by atoms with Gasteiger partial charge in [0, 0.05) is 26.3 Å². The van der Waals surface area contributed by atoms with E-state index in [-0.39, 0.29) is 12.1 Å². The van der Waals surface area contributed by atoms with Gasteiger partial charge in [-0.25, -0.2) is 4.79 Å². The van der Waals surface area contributed by atoms with Crippen LogP contribution in [0.5, 0.6) is 0 Å². The molecule has 19 heavy (non-hydrogen) atoms. The number of hydrogen-bond donors (Lipinski definition) is 1. The lowest BCUT2D eigenvalue weighted by atomic mass is 10.1. The first-order chi connectivity index (χ1) is 8.74. The highest BCUT2D eigenvalue weighted by Gasteiger charge is 2.33. The second kappa shape index (κ2) is 4.75. The minimum absolute atomic E-state index is 0.242. The molecule has 0 unspecified atom stereocenters.